The van der Waals surface area contributed by atoms with E-state index in [9.17, 15) is 4.79 Å². The standard InChI is InChI=1S/C12H18N2O2S/c1-7(9-5-3-4-6-9)13-12-14-8(2)10(17-12)11(15)16/h7,9H,3-6H2,1-2H3,(H,13,14)(H,15,16). The zero-order valence-corrected chi connectivity index (χ0v) is 11.0. The molecule has 1 fully saturated rings. The Bertz CT molecular complexity index is 411. The van der Waals surface area contributed by atoms with Crippen LogP contribution in [-0.2, 0) is 0 Å². The van der Waals surface area contributed by atoms with E-state index in [1.165, 1.54) is 37.0 Å². The highest BCUT2D eigenvalue weighted by Crippen LogP contribution is 2.30. The molecule has 0 bridgehead atoms. The molecule has 0 saturated heterocycles. The number of carboxylic acid groups (broad SMARTS) is 1. The summed E-state index contributed by atoms with van der Waals surface area (Å²) in [6, 6.07) is 0.379. The Morgan fingerprint density at radius 1 is 1.53 bits per heavy atom. The van der Waals surface area contributed by atoms with Crippen molar-refractivity contribution >= 4 is 22.4 Å². The van der Waals surface area contributed by atoms with Crippen LogP contribution in [-0.4, -0.2) is 22.1 Å². The van der Waals surface area contributed by atoms with Crippen LogP contribution in [0, 0.1) is 12.8 Å². The van der Waals surface area contributed by atoms with E-state index in [4.69, 9.17) is 5.11 Å². The zero-order chi connectivity index (χ0) is 12.4. The van der Waals surface area contributed by atoms with Crippen molar-refractivity contribution in [3.8, 4) is 0 Å². The van der Waals surface area contributed by atoms with Crippen molar-refractivity contribution in [1.82, 2.24) is 4.98 Å². The number of hydrogen-bond acceptors (Lipinski definition) is 4. The second kappa shape index (κ2) is 5.04. The van der Waals surface area contributed by atoms with Gasteiger partial charge in [-0.1, -0.05) is 24.2 Å². The van der Waals surface area contributed by atoms with Crippen molar-refractivity contribution in [3.05, 3.63) is 10.6 Å². The SMILES string of the molecule is Cc1nc(NC(C)C2CCCC2)sc1C(=O)O. The molecule has 5 heteroatoms. The molecule has 1 aromatic heterocycles. The molecule has 1 saturated carbocycles. The summed E-state index contributed by atoms with van der Waals surface area (Å²) < 4.78 is 0. The molecule has 17 heavy (non-hydrogen) atoms. The third-order valence-electron chi connectivity index (χ3n) is 3.45. The highest BCUT2D eigenvalue weighted by molar-refractivity contribution is 7.17. The van der Waals surface area contributed by atoms with E-state index in [0.717, 1.165) is 5.13 Å². The average Bonchev–Trinajstić information content (AvgIpc) is 2.86. The number of aromatic nitrogens is 1. The lowest BCUT2D eigenvalue weighted by Gasteiger charge is -2.19. The van der Waals surface area contributed by atoms with Crippen molar-refractivity contribution in [3.63, 3.8) is 0 Å². The van der Waals surface area contributed by atoms with Gasteiger partial charge < -0.3 is 10.4 Å². The molecule has 1 aliphatic carbocycles. The van der Waals surface area contributed by atoms with Crippen LogP contribution < -0.4 is 5.32 Å². The Morgan fingerprint density at radius 3 is 2.71 bits per heavy atom. The van der Waals surface area contributed by atoms with Gasteiger partial charge in [0.1, 0.15) is 4.88 Å². The van der Waals surface area contributed by atoms with Gasteiger partial charge in [0.2, 0.25) is 0 Å². The first-order chi connectivity index (χ1) is 8.08. The van der Waals surface area contributed by atoms with Crippen LogP contribution in [0.2, 0.25) is 0 Å². The van der Waals surface area contributed by atoms with Gasteiger partial charge >= 0.3 is 5.97 Å². The molecule has 2 N–H and O–H groups in total. The quantitative estimate of drug-likeness (QED) is 0.866. The summed E-state index contributed by atoms with van der Waals surface area (Å²) in [6.07, 6.45) is 5.16. The number of nitrogens with zero attached hydrogens (tertiary/aromatic N) is 1. The number of aromatic carboxylic acids is 1. The number of anilines is 1. The first-order valence-corrected chi connectivity index (χ1v) is 6.87. The summed E-state index contributed by atoms with van der Waals surface area (Å²) in [4.78, 5) is 15.5. The molecule has 0 radical (unpaired) electrons. The number of hydrogen-bond donors (Lipinski definition) is 2. The predicted octanol–water partition coefficient (Wildman–Crippen LogP) is 3.14. The van der Waals surface area contributed by atoms with Crippen LogP contribution in [0.4, 0.5) is 5.13 Å². The van der Waals surface area contributed by atoms with Gasteiger partial charge in [0.15, 0.2) is 5.13 Å². The largest absolute Gasteiger partial charge is 0.477 e. The minimum atomic E-state index is -0.887. The monoisotopic (exact) mass is 254 g/mol. The molecule has 0 spiro atoms. The fourth-order valence-electron chi connectivity index (χ4n) is 2.43. The average molecular weight is 254 g/mol. The molecular formula is C12H18N2O2S. The number of aryl methyl sites for hydroxylation is 1. The van der Waals surface area contributed by atoms with Crippen molar-refractivity contribution in [2.45, 2.75) is 45.6 Å². The maximum Gasteiger partial charge on any atom is 0.347 e. The fourth-order valence-corrected chi connectivity index (χ4v) is 3.33. The maximum atomic E-state index is 10.9. The number of nitrogens with one attached hydrogen (secondary N) is 1. The molecule has 0 aromatic carbocycles. The lowest BCUT2D eigenvalue weighted by molar-refractivity contribution is 0.0701. The van der Waals surface area contributed by atoms with Crippen LogP contribution in [0.5, 0.6) is 0 Å². The first-order valence-electron chi connectivity index (χ1n) is 6.05. The van der Waals surface area contributed by atoms with Gasteiger partial charge in [0.05, 0.1) is 5.69 Å². The van der Waals surface area contributed by atoms with Crippen molar-refractivity contribution in [2.24, 2.45) is 5.92 Å². The van der Waals surface area contributed by atoms with Crippen LogP contribution in [0.3, 0.4) is 0 Å². The molecule has 2 rings (SSSR count). The lowest BCUT2D eigenvalue weighted by Crippen LogP contribution is -2.23. The summed E-state index contributed by atoms with van der Waals surface area (Å²) in [7, 11) is 0. The van der Waals surface area contributed by atoms with Crippen molar-refractivity contribution in [2.75, 3.05) is 5.32 Å². The molecule has 1 atom stereocenters. The van der Waals surface area contributed by atoms with Crippen molar-refractivity contribution in [1.29, 1.82) is 0 Å². The number of carboxylic acids is 1. The van der Waals surface area contributed by atoms with E-state index in [-0.39, 0.29) is 0 Å². The van der Waals surface area contributed by atoms with Crippen LogP contribution in [0.15, 0.2) is 0 Å². The molecule has 94 valence electrons. The number of thiazole rings is 1. The Hall–Kier alpha value is -1.10. The predicted molar refractivity (Wildman–Crippen MR) is 68.9 cm³/mol. The summed E-state index contributed by atoms with van der Waals surface area (Å²) in [6.45, 7) is 3.90. The molecule has 1 unspecified atom stereocenters. The Balaban J connectivity index is 2.03. The minimum Gasteiger partial charge on any atom is -0.477 e. The minimum absolute atomic E-state index is 0.339. The highest BCUT2D eigenvalue weighted by atomic mass is 32.1. The second-order valence-electron chi connectivity index (χ2n) is 4.72. The molecular weight excluding hydrogens is 236 g/mol. The maximum absolute atomic E-state index is 10.9. The van der Waals surface area contributed by atoms with Gasteiger partial charge in [-0.25, -0.2) is 9.78 Å². The molecule has 0 aliphatic heterocycles. The van der Waals surface area contributed by atoms with Gasteiger partial charge in [0.25, 0.3) is 0 Å². The van der Waals surface area contributed by atoms with E-state index < -0.39 is 5.97 Å². The summed E-state index contributed by atoms with van der Waals surface area (Å²) in [5.41, 5.74) is 0.601. The van der Waals surface area contributed by atoms with Crippen LogP contribution in [0.1, 0.15) is 48.0 Å². The van der Waals surface area contributed by atoms with E-state index in [0.29, 0.717) is 22.5 Å². The molecule has 0 amide bonds. The Morgan fingerprint density at radius 2 is 2.18 bits per heavy atom. The molecule has 1 aromatic rings. The first kappa shape index (κ1) is 12.4. The van der Waals surface area contributed by atoms with E-state index in [1.807, 2.05) is 0 Å². The normalized spacial score (nSPS) is 18.2. The van der Waals surface area contributed by atoms with Gasteiger partial charge in [-0.05, 0) is 32.6 Å². The van der Waals surface area contributed by atoms with Gasteiger partial charge in [-0.15, -0.1) is 0 Å². The third-order valence-corrected chi connectivity index (χ3v) is 4.53. The van der Waals surface area contributed by atoms with Crippen molar-refractivity contribution < 1.29 is 9.90 Å². The second-order valence-corrected chi connectivity index (χ2v) is 5.72. The Labute approximate surface area is 105 Å². The van der Waals surface area contributed by atoms with Gasteiger partial charge in [-0.3, -0.25) is 0 Å². The fraction of sp³-hybridized carbons (Fsp3) is 0.667. The smallest absolute Gasteiger partial charge is 0.347 e. The summed E-state index contributed by atoms with van der Waals surface area (Å²) in [5, 5.41) is 13.0. The third kappa shape index (κ3) is 2.77. The summed E-state index contributed by atoms with van der Waals surface area (Å²) in [5.74, 6) is -0.186. The Kier molecular flexibility index (Phi) is 3.66. The lowest BCUT2D eigenvalue weighted by atomic mass is 10.0. The van der Waals surface area contributed by atoms with E-state index in [1.54, 1.807) is 6.92 Å². The topological polar surface area (TPSA) is 62.2 Å². The van der Waals surface area contributed by atoms with E-state index in [2.05, 4.69) is 17.2 Å². The molecule has 1 heterocycles. The molecule has 4 nitrogen and oxygen atoms in total. The van der Waals surface area contributed by atoms with E-state index >= 15 is 0 Å². The van der Waals surface area contributed by atoms with Gasteiger partial charge in [-0.2, -0.15) is 0 Å². The van der Waals surface area contributed by atoms with Crippen LogP contribution in [0.25, 0.3) is 0 Å². The van der Waals surface area contributed by atoms with Crippen LogP contribution >= 0.6 is 11.3 Å². The number of rotatable bonds is 4. The summed E-state index contributed by atoms with van der Waals surface area (Å²) >= 11 is 1.23. The zero-order valence-electron chi connectivity index (χ0n) is 10.2. The number of carbonyl (C=O) groups is 1. The molecule has 1 aliphatic rings. The van der Waals surface area contributed by atoms with Gasteiger partial charge in [0, 0.05) is 6.04 Å². The highest BCUT2D eigenvalue weighted by Gasteiger charge is 2.23.